The zero-order valence-electron chi connectivity index (χ0n) is 21.2. The fraction of sp³-hybridized carbons (Fsp3) is 0.286. The molecular weight excluding hydrogens is 474 g/mol. The molecule has 0 aliphatic rings. The number of carbonyl (C=O) groups is 1. The number of hydrogen-bond donors (Lipinski definition) is 1. The van der Waals surface area contributed by atoms with E-state index in [0.717, 1.165) is 28.8 Å². The second-order valence-electron chi connectivity index (χ2n) is 9.54. The Balaban J connectivity index is 1.89. The van der Waals surface area contributed by atoms with Crippen molar-refractivity contribution in [1.29, 1.82) is 0 Å². The third-order valence-corrected chi connectivity index (χ3v) is 5.99. The van der Waals surface area contributed by atoms with Crippen LogP contribution in [-0.2, 0) is 17.9 Å². The van der Waals surface area contributed by atoms with Crippen molar-refractivity contribution in [1.82, 2.24) is 24.8 Å². The number of carbonyl (C=O) groups excluding carboxylic acids is 1. The molecule has 2 aromatic heterocycles. The second kappa shape index (κ2) is 10.6. The number of nitrogens with zero attached hydrogens (tertiary/aromatic N) is 4. The van der Waals surface area contributed by atoms with E-state index < -0.39 is 0 Å². The van der Waals surface area contributed by atoms with Crippen molar-refractivity contribution < 1.29 is 4.79 Å². The lowest BCUT2D eigenvalue weighted by Gasteiger charge is -2.16. The number of amides is 1. The molecule has 4 rings (SSSR count). The maximum atomic E-state index is 13.8. The molecule has 1 N–H and O–H groups in total. The number of aryl methyl sites for hydroxylation is 1. The van der Waals surface area contributed by atoms with E-state index in [1.807, 2.05) is 47.0 Å². The van der Waals surface area contributed by atoms with Gasteiger partial charge >= 0.3 is 0 Å². The Kier molecular flexibility index (Phi) is 7.52. The molecule has 2 heterocycles. The largest absolute Gasteiger partial charge is 0.352 e. The van der Waals surface area contributed by atoms with E-state index in [0.29, 0.717) is 27.4 Å². The minimum atomic E-state index is -0.328. The van der Waals surface area contributed by atoms with Crippen molar-refractivity contribution in [2.75, 3.05) is 14.1 Å². The Labute approximate surface area is 215 Å². The molecule has 0 unspecified atom stereocenters. The fourth-order valence-corrected chi connectivity index (χ4v) is 4.39. The maximum Gasteiger partial charge on any atom is 0.263 e. The Hall–Kier alpha value is -3.55. The van der Waals surface area contributed by atoms with E-state index in [1.54, 1.807) is 24.4 Å². The first-order valence-electron chi connectivity index (χ1n) is 11.8. The van der Waals surface area contributed by atoms with Crippen LogP contribution in [0, 0.1) is 6.92 Å². The summed E-state index contributed by atoms with van der Waals surface area (Å²) in [6, 6.07) is 15.1. The van der Waals surface area contributed by atoms with Crippen LogP contribution in [0.1, 0.15) is 25.0 Å². The molecule has 0 bridgehead atoms. The summed E-state index contributed by atoms with van der Waals surface area (Å²) in [5.74, 6) is 0.0752. The Morgan fingerprint density at radius 2 is 1.89 bits per heavy atom. The highest BCUT2D eigenvalue weighted by atomic mass is 35.5. The molecule has 1 amide bonds. The van der Waals surface area contributed by atoms with Gasteiger partial charge in [-0.3, -0.25) is 14.2 Å². The van der Waals surface area contributed by atoms with Gasteiger partial charge in [0, 0.05) is 34.9 Å². The van der Waals surface area contributed by atoms with Gasteiger partial charge in [-0.1, -0.05) is 35.9 Å². The van der Waals surface area contributed by atoms with Gasteiger partial charge in [-0.05, 0) is 75.8 Å². The van der Waals surface area contributed by atoms with Crippen LogP contribution in [0.25, 0.3) is 33.5 Å². The van der Waals surface area contributed by atoms with Gasteiger partial charge in [0.15, 0.2) is 5.65 Å². The molecule has 36 heavy (non-hydrogen) atoms. The first-order chi connectivity index (χ1) is 17.1. The summed E-state index contributed by atoms with van der Waals surface area (Å²) < 4.78 is 1.40. The number of pyridine rings is 1. The molecule has 2 aromatic carbocycles. The summed E-state index contributed by atoms with van der Waals surface area (Å²) in [4.78, 5) is 37.8. The zero-order chi connectivity index (χ0) is 26.0. The first-order valence-corrected chi connectivity index (χ1v) is 12.2. The average Bonchev–Trinajstić information content (AvgIpc) is 2.81. The van der Waals surface area contributed by atoms with Crippen molar-refractivity contribution in [2.24, 2.45) is 0 Å². The third kappa shape index (κ3) is 5.64. The molecule has 0 aliphatic heterocycles. The van der Waals surface area contributed by atoms with Crippen LogP contribution in [0.15, 0.2) is 59.5 Å². The van der Waals surface area contributed by atoms with Crippen LogP contribution in [-0.4, -0.2) is 45.5 Å². The molecule has 0 saturated heterocycles. The summed E-state index contributed by atoms with van der Waals surface area (Å²) in [6.45, 7) is 6.42. The van der Waals surface area contributed by atoms with Crippen molar-refractivity contribution in [3.63, 3.8) is 0 Å². The number of hydrogen-bond acceptors (Lipinski definition) is 5. The van der Waals surface area contributed by atoms with Gasteiger partial charge in [0.1, 0.15) is 12.4 Å². The number of fused-ring (bicyclic) bond motifs is 1. The molecule has 0 aliphatic carbocycles. The minimum Gasteiger partial charge on any atom is -0.352 e. The van der Waals surface area contributed by atoms with Gasteiger partial charge in [0.25, 0.3) is 5.56 Å². The van der Waals surface area contributed by atoms with Crippen molar-refractivity contribution >= 4 is 28.5 Å². The topological polar surface area (TPSA) is 80.1 Å². The van der Waals surface area contributed by atoms with Gasteiger partial charge in [-0.25, -0.2) is 9.97 Å². The normalized spacial score (nSPS) is 11.4. The zero-order valence-corrected chi connectivity index (χ0v) is 21.9. The van der Waals surface area contributed by atoms with Gasteiger partial charge in [-0.2, -0.15) is 0 Å². The Morgan fingerprint density at radius 1 is 1.11 bits per heavy atom. The van der Waals surface area contributed by atoms with Crippen LogP contribution >= 0.6 is 11.6 Å². The minimum absolute atomic E-state index is 0.0538. The van der Waals surface area contributed by atoms with Gasteiger partial charge in [-0.15, -0.1) is 0 Å². The number of halogens is 1. The summed E-state index contributed by atoms with van der Waals surface area (Å²) in [5.41, 5.74) is 4.71. The molecule has 0 atom stereocenters. The lowest BCUT2D eigenvalue weighted by molar-refractivity contribution is -0.122. The van der Waals surface area contributed by atoms with Gasteiger partial charge < -0.3 is 10.2 Å². The molecule has 0 saturated carbocycles. The molecular formula is C28H30ClN5O2. The smallest absolute Gasteiger partial charge is 0.263 e. The Bertz CT molecular complexity index is 1490. The van der Waals surface area contributed by atoms with Crippen molar-refractivity contribution in [3.8, 4) is 22.5 Å². The predicted octanol–water partition coefficient (Wildman–Crippen LogP) is 4.67. The van der Waals surface area contributed by atoms with Gasteiger partial charge in [0.05, 0.1) is 5.39 Å². The molecule has 8 heteroatoms. The van der Waals surface area contributed by atoms with Crippen LogP contribution in [0.2, 0.25) is 5.02 Å². The molecule has 7 nitrogen and oxygen atoms in total. The highest BCUT2D eigenvalue weighted by Gasteiger charge is 2.18. The highest BCUT2D eigenvalue weighted by Crippen LogP contribution is 2.27. The van der Waals surface area contributed by atoms with Crippen LogP contribution in [0.4, 0.5) is 0 Å². The first kappa shape index (κ1) is 25.5. The lowest BCUT2D eigenvalue weighted by atomic mass is 9.98. The maximum absolute atomic E-state index is 13.8. The molecule has 186 valence electrons. The van der Waals surface area contributed by atoms with Crippen LogP contribution < -0.4 is 10.9 Å². The van der Waals surface area contributed by atoms with Crippen molar-refractivity contribution in [2.45, 2.75) is 39.9 Å². The monoisotopic (exact) mass is 503 g/mol. The van der Waals surface area contributed by atoms with E-state index in [9.17, 15) is 9.59 Å². The van der Waals surface area contributed by atoms with E-state index in [4.69, 9.17) is 16.6 Å². The quantitative estimate of drug-likeness (QED) is 0.396. The summed E-state index contributed by atoms with van der Waals surface area (Å²) in [7, 11) is 4.05. The molecule has 0 fully saturated rings. The lowest BCUT2D eigenvalue weighted by Crippen LogP contribution is -2.37. The third-order valence-electron chi connectivity index (χ3n) is 5.76. The number of benzene rings is 2. The van der Waals surface area contributed by atoms with E-state index in [-0.39, 0.29) is 24.1 Å². The van der Waals surface area contributed by atoms with Crippen LogP contribution in [0.5, 0.6) is 0 Å². The molecule has 4 aromatic rings. The second-order valence-corrected chi connectivity index (χ2v) is 9.98. The van der Waals surface area contributed by atoms with Crippen LogP contribution in [0.3, 0.4) is 0 Å². The summed E-state index contributed by atoms with van der Waals surface area (Å²) >= 11 is 6.21. The number of nitrogens with one attached hydrogen (secondary N) is 1. The Morgan fingerprint density at radius 3 is 2.58 bits per heavy atom. The molecule has 0 radical (unpaired) electrons. The number of aromatic nitrogens is 3. The molecule has 0 spiro atoms. The fourth-order valence-electron chi connectivity index (χ4n) is 4.20. The van der Waals surface area contributed by atoms with E-state index >= 15 is 0 Å². The van der Waals surface area contributed by atoms with Gasteiger partial charge in [0.2, 0.25) is 5.91 Å². The summed E-state index contributed by atoms with van der Waals surface area (Å²) in [6.07, 6.45) is 1.74. The summed E-state index contributed by atoms with van der Waals surface area (Å²) in [5, 5.41) is 3.72. The average molecular weight is 504 g/mol. The van der Waals surface area contributed by atoms with E-state index in [2.05, 4.69) is 33.4 Å². The standard InChI is InChI=1S/C28H30ClN5O2/c1-17(2)31-25(35)16-34-27(20-7-6-8-22(29)12-20)32-26-24(28(34)36)13-21(14-30-26)23-11-19(15-33(4)5)10-9-18(23)3/h6-14,17H,15-16H2,1-5H3,(H,31,35). The van der Waals surface area contributed by atoms with Crippen molar-refractivity contribution in [3.05, 3.63) is 81.2 Å². The predicted molar refractivity (Wildman–Crippen MR) is 145 cm³/mol. The SMILES string of the molecule is Cc1ccc(CN(C)C)cc1-c1cnc2nc(-c3cccc(Cl)c3)n(CC(=O)NC(C)C)c(=O)c2c1. The van der Waals surface area contributed by atoms with E-state index in [1.165, 1.54) is 4.57 Å². The number of rotatable bonds is 7. The highest BCUT2D eigenvalue weighted by molar-refractivity contribution is 6.30.